The van der Waals surface area contributed by atoms with Gasteiger partial charge in [0, 0.05) is 43.9 Å². The molecule has 0 unspecified atom stereocenters. The van der Waals surface area contributed by atoms with E-state index in [1.807, 2.05) is 6.92 Å². The number of carbonyl (C=O) groups is 2. The summed E-state index contributed by atoms with van der Waals surface area (Å²) >= 11 is 5.84. The molecule has 126 valence electrons. The number of amides is 2. The average molecular weight is 339 g/mol. The molecular formula is C16H23ClN4O2. The number of nitrogens with zero attached hydrogens (tertiary/aromatic N) is 2. The van der Waals surface area contributed by atoms with Crippen LogP contribution in [0.3, 0.4) is 0 Å². The van der Waals surface area contributed by atoms with Gasteiger partial charge in [-0.25, -0.2) is 0 Å². The first kappa shape index (κ1) is 17.7. The van der Waals surface area contributed by atoms with Crippen LogP contribution >= 0.6 is 11.6 Å². The van der Waals surface area contributed by atoms with Gasteiger partial charge in [0.2, 0.25) is 11.8 Å². The van der Waals surface area contributed by atoms with Gasteiger partial charge in [-0.1, -0.05) is 11.6 Å². The smallest absolute Gasteiger partial charge is 0.241 e. The Morgan fingerprint density at radius 2 is 1.78 bits per heavy atom. The van der Waals surface area contributed by atoms with Gasteiger partial charge in [-0.2, -0.15) is 0 Å². The molecule has 0 spiro atoms. The summed E-state index contributed by atoms with van der Waals surface area (Å²) in [5, 5.41) is 6.17. The molecule has 1 saturated heterocycles. The standard InChI is InChI=1S/C16H23ClN4O2/c1-12(16(23)19-14-5-3-13(17)4-6-14)21-9-7-20(8-10-21)11-15(22)18-2/h3-6,12H,7-11H2,1-2H3,(H,18,22)(H,19,23)/t12-/m0/s1. The van der Waals surface area contributed by atoms with Gasteiger partial charge >= 0.3 is 0 Å². The predicted octanol–water partition coefficient (Wildman–Crippen LogP) is 1.03. The first-order valence-corrected chi connectivity index (χ1v) is 8.11. The Kier molecular flexibility index (Phi) is 6.38. The highest BCUT2D eigenvalue weighted by molar-refractivity contribution is 6.30. The molecule has 1 aromatic rings. The summed E-state index contributed by atoms with van der Waals surface area (Å²) in [6, 6.07) is 6.86. The van der Waals surface area contributed by atoms with E-state index in [4.69, 9.17) is 11.6 Å². The number of likely N-dealkylation sites (N-methyl/N-ethyl adjacent to an activating group) is 1. The molecule has 1 aliphatic heterocycles. The number of piperazine rings is 1. The average Bonchev–Trinajstić information content (AvgIpc) is 2.56. The van der Waals surface area contributed by atoms with Gasteiger partial charge in [0.1, 0.15) is 0 Å². The molecule has 0 aliphatic carbocycles. The fourth-order valence-electron chi connectivity index (χ4n) is 2.54. The van der Waals surface area contributed by atoms with Crippen molar-refractivity contribution in [3.8, 4) is 0 Å². The van der Waals surface area contributed by atoms with Gasteiger partial charge < -0.3 is 10.6 Å². The van der Waals surface area contributed by atoms with Gasteiger partial charge in [0.25, 0.3) is 0 Å². The molecule has 2 amide bonds. The van der Waals surface area contributed by atoms with E-state index in [-0.39, 0.29) is 17.9 Å². The fraction of sp³-hybridized carbons (Fsp3) is 0.500. The molecule has 0 saturated carbocycles. The second kappa shape index (κ2) is 8.29. The number of carbonyl (C=O) groups excluding carboxylic acids is 2. The van der Waals surface area contributed by atoms with E-state index in [1.165, 1.54) is 0 Å². The van der Waals surface area contributed by atoms with Crippen LogP contribution in [0.2, 0.25) is 5.02 Å². The molecule has 1 aromatic carbocycles. The van der Waals surface area contributed by atoms with Crippen molar-refractivity contribution in [2.24, 2.45) is 0 Å². The SMILES string of the molecule is CNC(=O)CN1CCN([C@@H](C)C(=O)Nc2ccc(Cl)cc2)CC1. The van der Waals surface area contributed by atoms with E-state index >= 15 is 0 Å². The van der Waals surface area contributed by atoms with Gasteiger partial charge in [-0.05, 0) is 31.2 Å². The summed E-state index contributed by atoms with van der Waals surface area (Å²) in [5.41, 5.74) is 0.740. The van der Waals surface area contributed by atoms with Crippen LogP contribution < -0.4 is 10.6 Å². The number of halogens is 1. The molecule has 6 nitrogen and oxygen atoms in total. The minimum absolute atomic E-state index is 0.0204. The van der Waals surface area contributed by atoms with E-state index in [2.05, 4.69) is 20.4 Å². The number of benzene rings is 1. The normalized spacial score (nSPS) is 17.5. The highest BCUT2D eigenvalue weighted by Crippen LogP contribution is 2.15. The van der Waals surface area contributed by atoms with Crippen LogP contribution in [-0.4, -0.2) is 67.4 Å². The number of hydrogen-bond donors (Lipinski definition) is 2. The molecule has 2 rings (SSSR count). The maximum absolute atomic E-state index is 12.3. The molecule has 1 heterocycles. The van der Waals surface area contributed by atoms with Gasteiger partial charge in [-0.3, -0.25) is 19.4 Å². The van der Waals surface area contributed by atoms with Crippen LogP contribution in [0.1, 0.15) is 6.92 Å². The lowest BCUT2D eigenvalue weighted by molar-refractivity contribution is -0.124. The summed E-state index contributed by atoms with van der Waals surface area (Å²) in [5.74, 6) is -0.0148. The molecule has 0 radical (unpaired) electrons. The van der Waals surface area contributed by atoms with Gasteiger partial charge in [-0.15, -0.1) is 0 Å². The summed E-state index contributed by atoms with van der Waals surface area (Å²) in [6.07, 6.45) is 0. The highest BCUT2D eigenvalue weighted by atomic mass is 35.5. The first-order valence-electron chi connectivity index (χ1n) is 7.73. The third-order valence-corrected chi connectivity index (χ3v) is 4.34. The van der Waals surface area contributed by atoms with Crippen molar-refractivity contribution in [2.45, 2.75) is 13.0 Å². The molecule has 1 atom stereocenters. The van der Waals surface area contributed by atoms with E-state index in [0.29, 0.717) is 11.6 Å². The molecule has 23 heavy (non-hydrogen) atoms. The maximum Gasteiger partial charge on any atom is 0.241 e. The van der Waals surface area contributed by atoms with Crippen molar-refractivity contribution in [2.75, 3.05) is 45.1 Å². The zero-order valence-electron chi connectivity index (χ0n) is 13.5. The van der Waals surface area contributed by atoms with Gasteiger partial charge in [0.05, 0.1) is 12.6 Å². The number of nitrogens with one attached hydrogen (secondary N) is 2. The van der Waals surface area contributed by atoms with E-state index in [1.54, 1.807) is 31.3 Å². The van der Waals surface area contributed by atoms with Crippen molar-refractivity contribution in [3.05, 3.63) is 29.3 Å². The lowest BCUT2D eigenvalue weighted by atomic mass is 10.2. The molecule has 2 N–H and O–H groups in total. The quantitative estimate of drug-likeness (QED) is 0.841. The molecular weight excluding hydrogens is 316 g/mol. The van der Waals surface area contributed by atoms with Crippen LogP contribution in [0.25, 0.3) is 0 Å². The second-order valence-corrected chi connectivity index (χ2v) is 6.09. The lowest BCUT2D eigenvalue weighted by Gasteiger charge is -2.37. The summed E-state index contributed by atoms with van der Waals surface area (Å²) in [4.78, 5) is 28.0. The minimum atomic E-state index is -0.215. The number of rotatable bonds is 5. The van der Waals surface area contributed by atoms with Crippen molar-refractivity contribution >= 4 is 29.1 Å². The van der Waals surface area contributed by atoms with Crippen molar-refractivity contribution in [1.82, 2.24) is 15.1 Å². The molecule has 0 bridgehead atoms. The Morgan fingerprint density at radius 1 is 1.17 bits per heavy atom. The Morgan fingerprint density at radius 3 is 2.35 bits per heavy atom. The third kappa shape index (κ3) is 5.20. The highest BCUT2D eigenvalue weighted by Gasteiger charge is 2.26. The lowest BCUT2D eigenvalue weighted by Crippen LogP contribution is -2.54. The van der Waals surface area contributed by atoms with Gasteiger partial charge in [0.15, 0.2) is 0 Å². The maximum atomic E-state index is 12.3. The summed E-state index contributed by atoms with van der Waals surface area (Å²) in [7, 11) is 1.64. The summed E-state index contributed by atoms with van der Waals surface area (Å²) in [6.45, 7) is 5.42. The summed E-state index contributed by atoms with van der Waals surface area (Å²) < 4.78 is 0. The monoisotopic (exact) mass is 338 g/mol. The van der Waals surface area contributed by atoms with E-state index in [0.717, 1.165) is 31.9 Å². The molecule has 0 aromatic heterocycles. The van der Waals surface area contributed by atoms with Crippen LogP contribution in [-0.2, 0) is 9.59 Å². The van der Waals surface area contributed by atoms with Crippen molar-refractivity contribution in [1.29, 1.82) is 0 Å². The van der Waals surface area contributed by atoms with E-state index < -0.39 is 0 Å². The van der Waals surface area contributed by atoms with Crippen molar-refractivity contribution in [3.63, 3.8) is 0 Å². The van der Waals surface area contributed by atoms with Crippen molar-refractivity contribution < 1.29 is 9.59 Å². The van der Waals surface area contributed by atoms with E-state index in [9.17, 15) is 9.59 Å². The number of hydrogen-bond acceptors (Lipinski definition) is 4. The Bertz CT molecular complexity index is 542. The number of anilines is 1. The molecule has 1 aliphatic rings. The largest absolute Gasteiger partial charge is 0.358 e. The fourth-order valence-corrected chi connectivity index (χ4v) is 2.66. The topological polar surface area (TPSA) is 64.7 Å². The Labute approximate surface area is 141 Å². The zero-order chi connectivity index (χ0) is 16.8. The molecule has 7 heteroatoms. The third-order valence-electron chi connectivity index (χ3n) is 4.09. The van der Waals surface area contributed by atoms with Crippen LogP contribution in [0, 0.1) is 0 Å². The second-order valence-electron chi connectivity index (χ2n) is 5.66. The molecule has 1 fully saturated rings. The minimum Gasteiger partial charge on any atom is -0.358 e. The zero-order valence-corrected chi connectivity index (χ0v) is 14.3. The predicted molar refractivity (Wildman–Crippen MR) is 91.6 cm³/mol. The van der Waals surface area contributed by atoms with Crippen LogP contribution in [0.5, 0.6) is 0 Å². The Hall–Kier alpha value is -1.63. The first-order chi connectivity index (χ1) is 11.0. The van der Waals surface area contributed by atoms with Crippen LogP contribution in [0.15, 0.2) is 24.3 Å². The van der Waals surface area contributed by atoms with Crippen LogP contribution in [0.4, 0.5) is 5.69 Å². The Balaban J connectivity index is 1.81.